The Labute approximate surface area is 481 Å². The minimum atomic E-state index is 0. The quantitative estimate of drug-likeness (QED) is 0.118. The van der Waals surface area contributed by atoms with Crippen LogP contribution in [0.4, 0.5) is 0 Å². The van der Waals surface area contributed by atoms with E-state index in [0.29, 0.717) is 34.4 Å². The van der Waals surface area contributed by atoms with Crippen LogP contribution in [0.25, 0.3) is 98.5 Å². The topological polar surface area (TPSA) is 54.1 Å². The Morgan fingerprint density at radius 2 is 0.641 bits per heavy atom. The van der Waals surface area contributed by atoms with Crippen molar-refractivity contribution in [1.29, 1.82) is 0 Å². The molecule has 0 aliphatic rings. The standard InChI is InChI=1S/C42H24N2O2.2C14H8N.2Pt/c1-3-11-29(12-4-1)31-19-21-43-41(27-31)45-39-25-35(23-33-15-7-9-17-37(33)39)36-24-34-16-8-10-18-38(34)40(26-36)46-42-28-32(20-22-44-42)30-13-5-2-6-14-30;2*1-2-15-13-9-5-3-7-11(13)12-8-4-6-10-14(12)15;;/h1-22,27-28H;2*3-10H;;/q-4;2*-1;;. The summed E-state index contributed by atoms with van der Waals surface area (Å²) in [6, 6.07) is 95.2. The van der Waals surface area contributed by atoms with Gasteiger partial charge in [-0.05, 0) is 58.7 Å². The van der Waals surface area contributed by atoms with Crippen molar-refractivity contribution in [3.63, 3.8) is 0 Å². The molecule has 6 nitrogen and oxygen atoms in total. The summed E-state index contributed by atoms with van der Waals surface area (Å²) in [6.45, 7) is 0. The van der Waals surface area contributed by atoms with E-state index in [-0.39, 0.29) is 42.1 Å². The molecule has 0 amide bonds. The van der Waals surface area contributed by atoms with Gasteiger partial charge in [-0.15, -0.1) is 22.9 Å². The molecule has 0 unspecified atom stereocenters. The molecule has 0 radical (unpaired) electrons. The van der Waals surface area contributed by atoms with Crippen LogP contribution in [-0.2, 0) is 42.1 Å². The summed E-state index contributed by atoms with van der Waals surface area (Å²) in [6.07, 6.45) is 18.2. The molecule has 14 aromatic rings. The fourth-order valence-corrected chi connectivity index (χ4v) is 9.53. The van der Waals surface area contributed by atoms with E-state index in [0.717, 1.165) is 65.9 Å². The van der Waals surface area contributed by atoms with Crippen molar-refractivity contribution in [2.24, 2.45) is 0 Å². The van der Waals surface area contributed by atoms with Gasteiger partial charge in [-0.25, -0.2) is 32.8 Å². The van der Waals surface area contributed by atoms with Crippen LogP contribution in [0.2, 0.25) is 0 Å². The Morgan fingerprint density at radius 1 is 0.333 bits per heavy atom. The first-order valence-electron chi connectivity index (χ1n) is 24.6. The smallest absolute Gasteiger partial charge is 0.216 e. The molecule has 0 aliphatic heterocycles. The predicted octanol–water partition coefficient (Wildman–Crippen LogP) is 16.9. The molecule has 0 N–H and O–H groups in total. The zero-order valence-corrected chi connectivity index (χ0v) is 45.9. The minimum Gasteiger partial charge on any atom is -0.669 e. The Morgan fingerprint density at radius 3 is 0.987 bits per heavy atom. The van der Waals surface area contributed by atoms with Gasteiger partial charge in [-0.1, -0.05) is 181 Å². The molecule has 0 aliphatic carbocycles. The van der Waals surface area contributed by atoms with E-state index in [4.69, 9.17) is 22.3 Å². The number of para-hydroxylation sites is 4. The van der Waals surface area contributed by atoms with E-state index < -0.39 is 0 Å². The van der Waals surface area contributed by atoms with Gasteiger partial charge in [0.1, 0.15) is 0 Å². The number of benzene rings is 10. The van der Waals surface area contributed by atoms with Crippen molar-refractivity contribution in [1.82, 2.24) is 19.1 Å². The van der Waals surface area contributed by atoms with Crippen LogP contribution < -0.4 is 9.47 Å². The third kappa shape index (κ3) is 10.6. The summed E-state index contributed by atoms with van der Waals surface area (Å²) in [5.74, 6) is 2.02. The van der Waals surface area contributed by atoms with Crippen LogP contribution in [0.5, 0.6) is 23.3 Å². The van der Waals surface area contributed by atoms with Crippen LogP contribution in [0.1, 0.15) is 0 Å². The summed E-state index contributed by atoms with van der Waals surface area (Å²) in [7, 11) is 0. The molecular weight excluding hydrogens is 1320 g/mol. The second-order valence-corrected chi connectivity index (χ2v) is 17.7. The maximum atomic E-state index is 7.34. The first-order valence-corrected chi connectivity index (χ1v) is 24.6. The third-order valence-electron chi connectivity index (χ3n) is 13.1. The molecule has 4 heterocycles. The van der Waals surface area contributed by atoms with Gasteiger partial charge >= 0.3 is 0 Å². The number of nitrogens with zero attached hydrogens (tertiary/aromatic N) is 4. The molecule has 4 aromatic heterocycles. The molecule has 0 saturated heterocycles. The fraction of sp³-hybridized carbons (Fsp3) is 0. The summed E-state index contributed by atoms with van der Waals surface area (Å²) in [5.41, 5.74) is 9.64. The van der Waals surface area contributed by atoms with E-state index >= 15 is 0 Å². The number of aromatic nitrogens is 4. The van der Waals surface area contributed by atoms with Crippen molar-refractivity contribution in [2.75, 3.05) is 0 Å². The van der Waals surface area contributed by atoms with E-state index in [9.17, 15) is 0 Å². The first-order chi connectivity index (χ1) is 37.6. The van der Waals surface area contributed by atoms with Crippen LogP contribution >= 0.6 is 0 Å². The molecule has 0 spiro atoms. The largest absolute Gasteiger partial charge is 0.669 e. The van der Waals surface area contributed by atoms with Crippen LogP contribution in [0.3, 0.4) is 0 Å². The molecule has 0 fully saturated rings. The van der Waals surface area contributed by atoms with Crippen LogP contribution in [-0.4, -0.2) is 19.1 Å². The number of ether oxygens (including phenoxy) is 2. The monoisotopic (exact) mass is 1360 g/mol. The van der Waals surface area contributed by atoms with Crippen LogP contribution in [0, 0.1) is 49.2 Å². The first kappa shape index (κ1) is 52.2. The maximum Gasteiger partial charge on any atom is 0.216 e. The van der Waals surface area contributed by atoms with Gasteiger partial charge in [0.05, 0.1) is 22.1 Å². The number of fused-ring (bicyclic) bond motifs is 8. The van der Waals surface area contributed by atoms with Gasteiger partial charge < -0.3 is 66.8 Å². The zero-order chi connectivity index (χ0) is 51.2. The summed E-state index contributed by atoms with van der Waals surface area (Å²) < 4.78 is 16.4. The van der Waals surface area contributed by atoms with Crippen molar-refractivity contribution in [3.05, 3.63) is 280 Å². The van der Waals surface area contributed by atoms with Crippen LogP contribution in [0.15, 0.2) is 243 Å². The summed E-state index contributed by atoms with van der Waals surface area (Å²) in [5, 5.41) is 8.19. The summed E-state index contributed by atoms with van der Waals surface area (Å²) in [4.78, 5) is 9.01. The Bertz CT molecular complexity index is 4120. The number of hydrogen-bond donors (Lipinski definition) is 0. The van der Waals surface area contributed by atoms with E-state index in [1.165, 1.54) is 21.5 Å². The molecule has 14 rings (SSSR count). The van der Waals surface area contributed by atoms with Crippen molar-refractivity contribution < 1.29 is 51.6 Å². The maximum absolute atomic E-state index is 7.34. The molecule has 10 aromatic carbocycles. The third-order valence-corrected chi connectivity index (χ3v) is 13.1. The van der Waals surface area contributed by atoms with Crippen molar-refractivity contribution in [3.8, 4) is 68.7 Å². The van der Waals surface area contributed by atoms with Crippen molar-refractivity contribution >= 4 is 65.2 Å². The van der Waals surface area contributed by atoms with Gasteiger partial charge in [0.25, 0.3) is 0 Å². The zero-order valence-electron chi connectivity index (χ0n) is 41.3. The minimum absolute atomic E-state index is 0. The Kier molecular flexibility index (Phi) is 15.9. The molecule has 78 heavy (non-hydrogen) atoms. The molecular formula is C70H40N4O2Pt2-6. The van der Waals surface area contributed by atoms with Gasteiger partial charge in [0, 0.05) is 88.2 Å². The van der Waals surface area contributed by atoms with E-state index in [2.05, 4.69) is 94.9 Å². The fourth-order valence-electron chi connectivity index (χ4n) is 9.53. The van der Waals surface area contributed by atoms with E-state index in [1.807, 2.05) is 182 Å². The van der Waals surface area contributed by atoms with E-state index in [1.54, 1.807) is 21.5 Å². The average molecular weight is 1360 g/mol. The number of pyridine rings is 2. The molecule has 0 atom stereocenters. The predicted molar refractivity (Wildman–Crippen MR) is 306 cm³/mol. The molecule has 0 saturated carbocycles. The second kappa shape index (κ2) is 23.7. The molecule has 378 valence electrons. The number of hydrogen-bond acceptors (Lipinski definition) is 4. The van der Waals surface area contributed by atoms with Gasteiger partial charge in [0.2, 0.25) is 11.8 Å². The van der Waals surface area contributed by atoms with Gasteiger partial charge in [0.15, 0.2) is 0 Å². The second-order valence-electron chi connectivity index (χ2n) is 17.7. The Balaban J connectivity index is 0.000000174. The van der Waals surface area contributed by atoms with Gasteiger partial charge in [-0.3, -0.25) is 0 Å². The van der Waals surface area contributed by atoms with Crippen molar-refractivity contribution in [2.45, 2.75) is 0 Å². The summed E-state index contributed by atoms with van der Waals surface area (Å²) >= 11 is 0. The number of rotatable bonds is 7. The SMILES string of the molecule is [C-]#Cn1c2ccccc2c2ccccc21.[C-]#Cn1c2ccccc2c2ccccc21.[Pt].[Pt].[c-]1c(-c2[c-]c(Oc3cc(-c4ccccc4)ccn3)c3ccccc3[c-]2)[c-]c2ccccc2c1Oc1cc(-c2ccccc2)ccn1. The normalized spacial score (nSPS) is 10.6. The average Bonchev–Trinajstić information content (AvgIpc) is 4.06. The Hall–Kier alpha value is -9.28. The van der Waals surface area contributed by atoms with Gasteiger partial charge in [-0.2, -0.15) is 0 Å². The molecule has 8 heteroatoms. The molecule has 0 bridgehead atoms.